The Bertz CT molecular complexity index is 356. The zero-order chi connectivity index (χ0) is 10.0. The van der Waals surface area contributed by atoms with E-state index in [0.29, 0.717) is 0 Å². The van der Waals surface area contributed by atoms with Crippen LogP contribution in [0.15, 0.2) is 6.33 Å². The molecule has 1 aromatic heterocycles. The number of nitrogen functional groups attached to an aromatic ring is 1. The number of primary amides is 1. The number of imidazole rings is 1. The maximum Gasteiger partial charge on any atom is 0.271 e. The van der Waals surface area contributed by atoms with Gasteiger partial charge in [-0.15, -0.1) is 0 Å². The molecule has 0 atom stereocenters. The number of hydrogen-bond donors (Lipinski definition) is 3. The summed E-state index contributed by atoms with van der Waals surface area (Å²) >= 11 is 0. The summed E-state index contributed by atoms with van der Waals surface area (Å²) in [5, 5.41) is 0. The first kappa shape index (κ1) is 9.20. The molecular formula is C6H9N5O2. The summed E-state index contributed by atoms with van der Waals surface area (Å²) in [4.78, 5) is 25.3. The van der Waals surface area contributed by atoms with E-state index in [2.05, 4.69) is 4.98 Å². The van der Waals surface area contributed by atoms with Crippen LogP contribution in [-0.4, -0.2) is 27.9 Å². The molecule has 0 unspecified atom stereocenters. The molecule has 0 aliphatic rings. The summed E-state index contributed by atoms with van der Waals surface area (Å²) in [5.41, 5.74) is 15.3. The van der Waals surface area contributed by atoms with Gasteiger partial charge in [0.15, 0.2) is 5.69 Å². The standard InChI is InChI=1S/C6H9N5O2/c7-1-3(12)11-2-10-4(5(11)8)6(9)13/h2H,1,7-8H2,(H2,9,13). The highest BCUT2D eigenvalue weighted by molar-refractivity contribution is 5.97. The average molecular weight is 183 g/mol. The van der Waals surface area contributed by atoms with Crippen molar-refractivity contribution in [1.29, 1.82) is 0 Å². The fourth-order valence-electron chi connectivity index (χ4n) is 0.845. The minimum absolute atomic E-state index is 0.0806. The molecule has 0 aliphatic heterocycles. The number of carbonyl (C=O) groups is 2. The fourth-order valence-corrected chi connectivity index (χ4v) is 0.845. The molecule has 0 radical (unpaired) electrons. The maximum absolute atomic E-state index is 11.0. The van der Waals surface area contributed by atoms with Gasteiger partial charge in [-0.05, 0) is 0 Å². The number of nitrogens with two attached hydrogens (primary N) is 3. The Kier molecular flexibility index (Phi) is 2.29. The highest BCUT2D eigenvalue weighted by Crippen LogP contribution is 2.07. The topological polar surface area (TPSA) is 130 Å². The molecule has 1 amide bonds. The average Bonchev–Trinajstić information content (AvgIpc) is 2.46. The van der Waals surface area contributed by atoms with E-state index < -0.39 is 11.8 Å². The zero-order valence-corrected chi connectivity index (χ0v) is 6.73. The van der Waals surface area contributed by atoms with Crippen LogP contribution in [0.5, 0.6) is 0 Å². The van der Waals surface area contributed by atoms with E-state index >= 15 is 0 Å². The van der Waals surface area contributed by atoms with Crippen molar-refractivity contribution in [2.45, 2.75) is 0 Å². The van der Waals surface area contributed by atoms with Crippen molar-refractivity contribution in [1.82, 2.24) is 9.55 Å². The second-order valence-electron chi connectivity index (χ2n) is 2.31. The number of rotatable bonds is 2. The Balaban J connectivity index is 3.13. The Morgan fingerprint density at radius 1 is 1.54 bits per heavy atom. The fraction of sp³-hybridized carbons (Fsp3) is 0.167. The lowest BCUT2D eigenvalue weighted by Crippen LogP contribution is -2.22. The van der Waals surface area contributed by atoms with E-state index in [1.54, 1.807) is 0 Å². The summed E-state index contributed by atoms with van der Waals surface area (Å²) in [6.07, 6.45) is 1.12. The van der Waals surface area contributed by atoms with Gasteiger partial charge in [-0.1, -0.05) is 0 Å². The summed E-state index contributed by atoms with van der Waals surface area (Å²) in [6.45, 7) is -0.210. The molecule has 7 nitrogen and oxygen atoms in total. The molecule has 0 saturated heterocycles. The van der Waals surface area contributed by atoms with Gasteiger partial charge >= 0.3 is 0 Å². The first-order chi connectivity index (χ1) is 6.07. The van der Waals surface area contributed by atoms with E-state index in [1.807, 2.05) is 0 Å². The van der Waals surface area contributed by atoms with Gasteiger partial charge in [-0.25, -0.2) is 4.98 Å². The maximum atomic E-state index is 11.0. The third kappa shape index (κ3) is 1.49. The Hall–Kier alpha value is -1.89. The van der Waals surface area contributed by atoms with Gasteiger partial charge in [0.25, 0.3) is 5.91 Å². The van der Waals surface area contributed by atoms with E-state index in [0.717, 1.165) is 10.9 Å². The second-order valence-corrected chi connectivity index (χ2v) is 2.31. The smallest absolute Gasteiger partial charge is 0.271 e. The number of nitrogens with zero attached hydrogens (tertiary/aromatic N) is 2. The highest BCUT2D eigenvalue weighted by Gasteiger charge is 2.15. The molecule has 1 heterocycles. The number of aromatic nitrogens is 2. The van der Waals surface area contributed by atoms with Crippen molar-refractivity contribution in [3.8, 4) is 0 Å². The lowest BCUT2D eigenvalue weighted by Gasteiger charge is -1.99. The predicted molar refractivity (Wildman–Crippen MR) is 44.8 cm³/mol. The van der Waals surface area contributed by atoms with Crippen LogP contribution in [0.3, 0.4) is 0 Å². The first-order valence-electron chi connectivity index (χ1n) is 3.43. The van der Waals surface area contributed by atoms with Crippen LogP contribution in [-0.2, 0) is 0 Å². The molecule has 0 bridgehead atoms. The van der Waals surface area contributed by atoms with Gasteiger partial charge in [0.05, 0.1) is 6.54 Å². The van der Waals surface area contributed by atoms with Crippen LogP contribution in [0.2, 0.25) is 0 Å². The predicted octanol–water partition coefficient (Wildman–Crippen LogP) is -1.84. The molecule has 0 saturated carbocycles. The van der Waals surface area contributed by atoms with Gasteiger partial charge in [-0.3, -0.25) is 14.2 Å². The van der Waals surface area contributed by atoms with E-state index in [1.165, 1.54) is 0 Å². The molecule has 0 fully saturated rings. The minimum atomic E-state index is -0.777. The van der Waals surface area contributed by atoms with Crippen molar-refractivity contribution >= 4 is 17.6 Å². The molecule has 1 aromatic rings. The molecule has 1 rings (SSSR count). The van der Waals surface area contributed by atoms with Crippen LogP contribution >= 0.6 is 0 Å². The third-order valence-electron chi connectivity index (χ3n) is 1.48. The summed E-state index contributed by atoms with van der Waals surface area (Å²) in [5.74, 6) is -1.30. The molecule has 13 heavy (non-hydrogen) atoms. The summed E-state index contributed by atoms with van der Waals surface area (Å²) in [7, 11) is 0. The highest BCUT2D eigenvalue weighted by atomic mass is 16.2. The first-order valence-corrected chi connectivity index (χ1v) is 3.43. The molecule has 0 spiro atoms. The number of carbonyl (C=O) groups excluding carboxylic acids is 2. The van der Waals surface area contributed by atoms with E-state index in [9.17, 15) is 9.59 Å². The molecule has 0 aromatic carbocycles. The quantitative estimate of drug-likeness (QED) is 0.496. The summed E-state index contributed by atoms with van der Waals surface area (Å²) < 4.78 is 0.986. The number of hydrogen-bond acceptors (Lipinski definition) is 5. The van der Waals surface area contributed by atoms with Crippen molar-refractivity contribution in [2.75, 3.05) is 12.3 Å². The lowest BCUT2D eigenvalue weighted by atomic mass is 10.4. The van der Waals surface area contributed by atoms with Gasteiger partial charge in [0, 0.05) is 0 Å². The summed E-state index contributed by atoms with van der Waals surface area (Å²) in [6, 6.07) is 0. The normalized spacial score (nSPS) is 9.92. The van der Waals surface area contributed by atoms with Crippen molar-refractivity contribution in [3.63, 3.8) is 0 Å². The monoisotopic (exact) mass is 183 g/mol. The largest absolute Gasteiger partial charge is 0.383 e. The van der Waals surface area contributed by atoms with Crippen molar-refractivity contribution in [2.24, 2.45) is 11.5 Å². The third-order valence-corrected chi connectivity index (χ3v) is 1.48. The van der Waals surface area contributed by atoms with Crippen LogP contribution in [0.25, 0.3) is 0 Å². The van der Waals surface area contributed by atoms with Crippen LogP contribution in [0.4, 0.5) is 5.82 Å². The Morgan fingerprint density at radius 3 is 2.54 bits per heavy atom. The van der Waals surface area contributed by atoms with Gasteiger partial charge in [-0.2, -0.15) is 0 Å². The lowest BCUT2D eigenvalue weighted by molar-refractivity contribution is 0.0926. The Morgan fingerprint density at radius 2 is 2.15 bits per heavy atom. The molecule has 70 valence electrons. The number of amides is 1. The van der Waals surface area contributed by atoms with Crippen molar-refractivity contribution < 1.29 is 9.59 Å². The Labute approximate surface area is 73.5 Å². The minimum Gasteiger partial charge on any atom is -0.383 e. The van der Waals surface area contributed by atoms with Gasteiger partial charge in [0.1, 0.15) is 12.1 Å². The van der Waals surface area contributed by atoms with Crippen molar-refractivity contribution in [3.05, 3.63) is 12.0 Å². The molecule has 6 N–H and O–H groups in total. The van der Waals surface area contributed by atoms with Gasteiger partial charge in [0.2, 0.25) is 5.91 Å². The zero-order valence-electron chi connectivity index (χ0n) is 6.73. The van der Waals surface area contributed by atoms with Gasteiger partial charge < -0.3 is 17.2 Å². The van der Waals surface area contributed by atoms with E-state index in [-0.39, 0.29) is 18.1 Å². The van der Waals surface area contributed by atoms with Crippen LogP contribution < -0.4 is 17.2 Å². The van der Waals surface area contributed by atoms with Crippen LogP contribution in [0.1, 0.15) is 15.3 Å². The molecule has 7 heteroatoms. The molecule has 0 aliphatic carbocycles. The molecular weight excluding hydrogens is 174 g/mol. The SMILES string of the molecule is NCC(=O)n1cnc(C(N)=O)c1N. The van der Waals surface area contributed by atoms with E-state index in [4.69, 9.17) is 17.2 Å². The second kappa shape index (κ2) is 3.23. The number of anilines is 1. The van der Waals surface area contributed by atoms with Crippen LogP contribution in [0, 0.1) is 0 Å².